The predicted octanol–water partition coefficient (Wildman–Crippen LogP) is 3.99. The number of aliphatic hydroxyl groups is 1. The van der Waals surface area contributed by atoms with Gasteiger partial charge in [-0.2, -0.15) is 0 Å². The van der Waals surface area contributed by atoms with Gasteiger partial charge in [-0.3, -0.25) is 9.59 Å². The van der Waals surface area contributed by atoms with Crippen LogP contribution >= 0.6 is 0 Å². The highest BCUT2D eigenvalue weighted by molar-refractivity contribution is 5.96. The summed E-state index contributed by atoms with van der Waals surface area (Å²) in [6.45, 7) is 14.7. The minimum absolute atomic E-state index is 0.0619. The number of methoxy groups -OCH3 is 2. The molecule has 0 aliphatic rings. The average molecular weight is 552 g/mol. The van der Waals surface area contributed by atoms with Crippen molar-refractivity contribution in [3.05, 3.63) is 18.2 Å². The highest BCUT2D eigenvalue weighted by atomic mass is 16.5. The van der Waals surface area contributed by atoms with Crippen LogP contribution in [0.2, 0.25) is 0 Å². The van der Waals surface area contributed by atoms with Crippen molar-refractivity contribution in [3.8, 4) is 11.5 Å². The van der Waals surface area contributed by atoms with Crippen molar-refractivity contribution in [2.24, 2.45) is 40.6 Å². The van der Waals surface area contributed by atoms with Gasteiger partial charge in [0.25, 0.3) is 0 Å². The van der Waals surface area contributed by atoms with Crippen molar-refractivity contribution in [2.45, 2.75) is 79.9 Å². The van der Waals surface area contributed by atoms with Gasteiger partial charge in [0.05, 0.1) is 25.2 Å². The van der Waals surface area contributed by atoms with Crippen LogP contribution in [-0.2, 0) is 14.3 Å². The smallest absolute Gasteiger partial charge is 0.230 e. The third-order valence-corrected chi connectivity index (χ3v) is 7.59. The number of nitrogens with two attached hydrogens (primary N) is 2. The molecule has 0 fully saturated rings. The van der Waals surface area contributed by atoms with E-state index in [9.17, 15) is 14.7 Å². The molecule has 0 spiro atoms. The quantitative estimate of drug-likeness (QED) is 0.235. The van der Waals surface area contributed by atoms with Crippen LogP contribution in [0, 0.1) is 29.1 Å². The maximum Gasteiger partial charge on any atom is 0.230 e. The second-order valence-corrected chi connectivity index (χ2v) is 12.0. The van der Waals surface area contributed by atoms with Gasteiger partial charge >= 0.3 is 0 Å². The summed E-state index contributed by atoms with van der Waals surface area (Å²) in [5.74, 6) is 0.455. The second-order valence-electron chi connectivity index (χ2n) is 12.0. The fourth-order valence-corrected chi connectivity index (χ4v) is 4.25. The Bertz CT molecular complexity index is 905. The first-order valence-corrected chi connectivity index (χ1v) is 14.0. The summed E-state index contributed by atoms with van der Waals surface area (Å²) in [5, 5.41) is 11.0. The number of carbonyl (C=O) groups is 2. The van der Waals surface area contributed by atoms with E-state index in [-0.39, 0.29) is 24.8 Å². The van der Waals surface area contributed by atoms with Crippen LogP contribution in [0.5, 0.6) is 11.5 Å². The monoisotopic (exact) mass is 551 g/mol. The summed E-state index contributed by atoms with van der Waals surface area (Å²) in [7, 11) is 3.18. The van der Waals surface area contributed by atoms with Crippen molar-refractivity contribution < 1.29 is 28.9 Å². The van der Waals surface area contributed by atoms with E-state index in [0.717, 1.165) is 0 Å². The largest absolute Gasteiger partial charge is 0.493 e. The van der Waals surface area contributed by atoms with Gasteiger partial charge in [-0.25, -0.2) is 0 Å². The number of carbonyl (C=O) groups excluding carboxylic acids is 2. The van der Waals surface area contributed by atoms with E-state index in [4.69, 9.17) is 25.7 Å². The molecule has 0 heterocycles. The molecule has 0 aliphatic heterocycles. The topological polar surface area (TPSA) is 137 Å². The minimum Gasteiger partial charge on any atom is -0.493 e. The molecule has 5 N–H and O–H groups in total. The number of amides is 2. The van der Waals surface area contributed by atoms with Gasteiger partial charge < -0.3 is 35.7 Å². The molecule has 1 aromatic rings. The fraction of sp³-hybridized carbons (Fsp3) is 0.733. The first-order valence-electron chi connectivity index (χ1n) is 14.0. The zero-order valence-electron chi connectivity index (χ0n) is 25.5. The van der Waals surface area contributed by atoms with Gasteiger partial charge in [-0.1, -0.05) is 34.6 Å². The molecule has 0 saturated carbocycles. The number of nitrogens with zero attached hydrogens (tertiary/aromatic N) is 1. The van der Waals surface area contributed by atoms with Crippen molar-refractivity contribution in [3.63, 3.8) is 0 Å². The van der Waals surface area contributed by atoms with Crippen LogP contribution in [0.1, 0.15) is 67.7 Å². The Kier molecular flexibility index (Phi) is 14.3. The van der Waals surface area contributed by atoms with Crippen molar-refractivity contribution in [2.75, 3.05) is 38.9 Å². The van der Waals surface area contributed by atoms with E-state index < -0.39 is 29.4 Å². The third kappa shape index (κ3) is 10.6. The van der Waals surface area contributed by atoms with E-state index >= 15 is 0 Å². The molecule has 1 rings (SSSR count). The Balaban J connectivity index is 3.39. The molecule has 0 aromatic heterocycles. The third-order valence-electron chi connectivity index (χ3n) is 7.59. The van der Waals surface area contributed by atoms with E-state index in [0.29, 0.717) is 55.1 Å². The minimum atomic E-state index is -1.00. The van der Waals surface area contributed by atoms with E-state index in [1.807, 2.05) is 13.8 Å². The Morgan fingerprint density at radius 3 is 2.15 bits per heavy atom. The van der Waals surface area contributed by atoms with Crippen molar-refractivity contribution in [1.29, 1.82) is 0 Å². The van der Waals surface area contributed by atoms with Crippen molar-refractivity contribution >= 4 is 17.5 Å². The van der Waals surface area contributed by atoms with Gasteiger partial charge in [0.1, 0.15) is 0 Å². The Hall–Kier alpha value is -2.36. The normalized spacial score (nSPS) is 15.1. The Morgan fingerprint density at radius 1 is 1.00 bits per heavy atom. The van der Waals surface area contributed by atoms with Gasteiger partial charge in [-0.15, -0.1) is 0 Å². The van der Waals surface area contributed by atoms with Crippen LogP contribution in [0.15, 0.2) is 18.2 Å². The first kappa shape index (κ1) is 34.7. The number of anilines is 1. The molecule has 9 heteroatoms. The van der Waals surface area contributed by atoms with Gasteiger partial charge in [0.2, 0.25) is 11.8 Å². The molecule has 0 unspecified atom stereocenters. The van der Waals surface area contributed by atoms with Crippen LogP contribution in [0.4, 0.5) is 5.69 Å². The van der Waals surface area contributed by atoms with Crippen molar-refractivity contribution in [1.82, 2.24) is 0 Å². The number of ether oxygens (including phenoxy) is 3. The lowest BCUT2D eigenvalue weighted by Crippen LogP contribution is -2.49. The molecule has 0 saturated heterocycles. The highest BCUT2D eigenvalue weighted by Crippen LogP contribution is 2.35. The van der Waals surface area contributed by atoms with Gasteiger partial charge in [0, 0.05) is 50.4 Å². The van der Waals surface area contributed by atoms with Gasteiger partial charge in [0.15, 0.2) is 11.5 Å². The SMILES string of the molecule is COCCCOc1cc(N(CC(C)(C)C(N)=O)C(=O)[C@@H](C[C@H](O)[C@@H](N)C[C@H](C)C(C)C)C(C)C)ccc1OC. The molecule has 1 aromatic carbocycles. The zero-order valence-corrected chi connectivity index (χ0v) is 25.5. The van der Waals surface area contributed by atoms with E-state index in [1.165, 1.54) is 0 Å². The molecular weight excluding hydrogens is 498 g/mol. The number of primary amides is 1. The molecule has 0 radical (unpaired) electrons. The summed E-state index contributed by atoms with van der Waals surface area (Å²) < 4.78 is 16.5. The summed E-state index contributed by atoms with van der Waals surface area (Å²) in [6.07, 6.45) is 0.721. The molecular formula is C30H53N3O6. The number of rotatable bonds is 18. The Morgan fingerprint density at radius 2 is 1.64 bits per heavy atom. The van der Waals surface area contributed by atoms with Crippen LogP contribution in [-0.4, -0.2) is 63.0 Å². The number of aliphatic hydroxyl groups excluding tert-OH is 1. The number of hydrogen-bond acceptors (Lipinski definition) is 7. The predicted molar refractivity (Wildman–Crippen MR) is 156 cm³/mol. The maximum atomic E-state index is 14.2. The van der Waals surface area contributed by atoms with Crippen LogP contribution < -0.4 is 25.8 Å². The molecule has 4 atom stereocenters. The Labute approximate surface area is 235 Å². The molecule has 2 amide bonds. The standard InChI is InChI=1S/C30H53N3O6/c1-19(2)21(5)15-24(31)25(34)17-23(20(3)4)28(35)33(18-30(6,7)29(32)36)22-11-12-26(38-9)27(16-22)39-14-10-13-37-8/h11-12,16,19-21,23-25,34H,10,13-15,17-18,31H2,1-9H3,(H2,32,36)/t21-,23-,24-,25-/m0/s1. The molecule has 0 aliphatic carbocycles. The van der Waals surface area contributed by atoms with Crippen LogP contribution in [0.25, 0.3) is 0 Å². The average Bonchev–Trinajstić information content (AvgIpc) is 2.87. The summed E-state index contributed by atoms with van der Waals surface area (Å²) >= 11 is 0. The van der Waals surface area contributed by atoms with Crippen LogP contribution in [0.3, 0.4) is 0 Å². The summed E-state index contributed by atoms with van der Waals surface area (Å²) in [4.78, 5) is 28.0. The summed E-state index contributed by atoms with van der Waals surface area (Å²) in [5.41, 5.74) is 11.6. The molecule has 9 nitrogen and oxygen atoms in total. The molecule has 39 heavy (non-hydrogen) atoms. The van der Waals surface area contributed by atoms with Gasteiger partial charge in [-0.05, 0) is 56.6 Å². The second kappa shape index (κ2) is 16.0. The maximum absolute atomic E-state index is 14.2. The number of hydrogen-bond donors (Lipinski definition) is 3. The molecule has 0 bridgehead atoms. The molecule has 224 valence electrons. The lowest BCUT2D eigenvalue weighted by atomic mass is 9.83. The number of benzene rings is 1. The highest BCUT2D eigenvalue weighted by Gasteiger charge is 2.37. The lowest BCUT2D eigenvalue weighted by molar-refractivity contribution is -0.127. The zero-order chi connectivity index (χ0) is 29.9. The fourth-order valence-electron chi connectivity index (χ4n) is 4.25. The van der Waals surface area contributed by atoms with E-state index in [2.05, 4.69) is 20.8 Å². The van der Waals surface area contributed by atoms with E-state index in [1.54, 1.807) is 51.2 Å². The lowest BCUT2D eigenvalue weighted by Gasteiger charge is -2.36. The summed E-state index contributed by atoms with van der Waals surface area (Å²) in [6, 6.07) is 4.80. The first-order chi connectivity index (χ1) is 18.2.